The van der Waals surface area contributed by atoms with E-state index in [0.29, 0.717) is 6.54 Å². The minimum Gasteiger partial charge on any atom is -0.390 e. The molecular weight excluding hydrogens is 206 g/mol. The molecule has 0 radical (unpaired) electrons. The Kier molecular flexibility index (Phi) is 2.19. The summed E-state index contributed by atoms with van der Waals surface area (Å²) >= 11 is 1.10. The SMILES string of the molecule is Nc1nnc(NCc2csc(=O)[nH]2)o1. The van der Waals surface area contributed by atoms with Crippen molar-refractivity contribution in [2.45, 2.75) is 6.54 Å². The smallest absolute Gasteiger partial charge is 0.317 e. The number of nitrogens with two attached hydrogens (primary N) is 1. The summed E-state index contributed by atoms with van der Waals surface area (Å²) in [6.45, 7) is 0.417. The first-order valence-electron chi connectivity index (χ1n) is 3.73. The van der Waals surface area contributed by atoms with Crippen molar-refractivity contribution in [3.05, 3.63) is 20.7 Å². The Morgan fingerprint density at radius 2 is 2.50 bits per heavy atom. The molecule has 2 heterocycles. The lowest BCUT2D eigenvalue weighted by Crippen LogP contribution is -2.02. The summed E-state index contributed by atoms with van der Waals surface area (Å²) in [6, 6.07) is 0.237. The predicted molar refractivity (Wildman–Crippen MR) is 51.0 cm³/mol. The van der Waals surface area contributed by atoms with Gasteiger partial charge in [0.1, 0.15) is 0 Å². The quantitative estimate of drug-likeness (QED) is 0.662. The van der Waals surface area contributed by atoms with E-state index in [4.69, 9.17) is 10.2 Å². The number of hydrogen-bond acceptors (Lipinski definition) is 7. The molecule has 74 valence electrons. The molecule has 0 amide bonds. The third kappa shape index (κ3) is 1.91. The van der Waals surface area contributed by atoms with Gasteiger partial charge in [-0.2, -0.15) is 0 Å². The molecule has 0 saturated heterocycles. The first-order chi connectivity index (χ1) is 6.74. The van der Waals surface area contributed by atoms with E-state index in [0.717, 1.165) is 17.0 Å². The fourth-order valence-electron chi connectivity index (χ4n) is 0.877. The molecule has 14 heavy (non-hydrogen) atoms. The molecule has 0 saturated carbocycles. The molecular formula is C6H7N5O2S. The number of nitrogens with one attached hydrogen (secondary N) is 2. The van der Waals surface area contributed by atoms with Crippen molar-refractivity contribution in [2.24, 2.45) is 0 Å². The molecule has 0 aliphatic heterocycles. The van der Waals surface area contributed by atoms with Crippen molar-refractivity contribution in [2.75, 3.05) is 11.1 Å². The number of aromatic nitrogens is 3. The van der Waals surface area contributed by atoms with Crippen LogP contribution in [0, 0.1) is 0 Å². The van der Waals surface area contributed by atoms with E-state index in [-0.39, 0.29) is 16.9 Å². The van der Waals surface area contributed by atoms with Crippen LogP contribution in [0.3, 0.4) is 0 Å². The predicted octanol–water partition coefficient (Wildman–Crippen LogP) is 0.0137. The van der Waals surface area contributed by atoms with Crippen LogP contribution in [0.1, 0.15) is 5.69 Å². The van der Waals surface area contributed by atoms with Gasteiger partial charge in [0.15, 0.2) is 0 Å². The van der Waals surface area contributed by atoms with E-state index in [1.165, 1.54) is 0 Å². The number of rotatable bonds is 3. The second-order valence-electron chi connectivity index (χ2n) is 2.47. The lowest BCUT2D eigenvalue weighted by molar-refractivity contribution is 0.586. The molecule has 8 heteroatoms. The minimum atomic E-state index is -0.0909. The van der Waals surface area contributed by atoms with E-state index >= 15 is 0 Å². The van der Waals surface area contributed by atoms with E-state index in [1.807, 2.05) is 0 Å². The van der Waals surface area contributed by atoms with Crippen LogP contribution in [0.5, 0.6) is 0 Å². The Morgan fingerprint density at radius 3 is 3.07 bits per heavy atom. The van der Waals surface area contributed by atoms with Gasteiger partial charge in [0.2, 0.25) is 0 Å². The Labute approximate surface area is 82.0 Å². The number of hydrogen-bond donors (Lipinski definition) is 3. The second-order valence-corrected chi connectivity index (χ2v) is 3.31. The topological polar surface area (TPSA) is 110 Å². The highest BCUT2D eigenvalue weighted by Gasteiger charge is 2.02. The largest absolute Gasteiger partial charge is 0.390 e. The number of nitrogens with zero attached hydrogens (tertiary/aromatic N) is 2. The summed E-state index contributed by atoms with van der Waals surface area (Å²) < 4.78 is 4.87. The summed E-state index contributed by atoms with van der Waals surface area (Å²) in [4.78, 5) is 13.3. The van der Waals surface area contributed by atoms with Crippen molar-refractivity contribution >= 4 is 23.4 Å². The Bertz CT molecular complexity index is 472. The van der Waals surface area contributed by atoms with Crippen LogP contribution in [0.4, 0.5) is 12.0 Å². The van der Waals surface area contributed by atoms with Crippen LogP contribution in [-0.4, -0.2) is 15.2 Å². The Morgan fingerprint density at radius 1 is 1.64 bits per heavy atom. The number of anilines is 2. The zero-order valence-corrected chi connectivity index (χ0v) is 7.80. The van der Waals surface area contributed by atoms with Crippen molar-refractivity contribution in [1.29, 1.82) is 0 Å². The maximum Gasteiger partial charge on any atom is 0.317 e. The van der Waals surface area contributed by atoms with E-state index < -0.39 is 0 Å². The highest BCUT2D eigenvalue weighted by molar-refractivity contribution is 7.07. The van der Waals surface area contributed by atoms with Crippen molar-refractivity contribution < 1.29 is 4.42 Å². The lowest BCUT2D eigenvalue weighted by atomic mass is 10.5. The standard InChI is InChI=1S/C6H7N5O2S/c7-4-10-11-5(13-4)8-1-3-2-14-6(12)9-3/h2H,1H2,(H2,7,10)(H,8,11)(H,9,12). The summed E-state index contributed by atoms with van der Waals surface area (Å²) in [5.41, 5.74) is 5.98. The van der Waals surface area contributed by atoms with E-state index in [1.54, 1.807) is 5.38 Å². The summed E-state index contributed by atoms with van der Waals surface area (Å²) in [5, 5.41) is 11.6. The molecule has 0 aliphatic carbocycles. The molecule has 2 aromatic rings. The maximum atomic E-state index is 10.8. The molecule has 4 N–H and O–H groups in total. The molecule has 0 atom stereocenters. The van der Waals surface area contributed by atoms with E-state index in [9.17, 15) is 4.79 Å². The van der Waals surface area contributed by atoms with Gasteiger partial charge in [-0.15, -0.1) is 0 Å². The molecule has 0 unspecified atom stereocenters. The number of nitrogen functional groups attached to an aromatic ring is 1. The molecule has 0 fully saturated rings. The number of aromatic amines is 1. The molecule has 0 bridgehead atoms. The van der Waals surface area contributed by atoms with Crippen LogP contribution in [0.15, 0.2) is 14.6 Å². The first kappa shape index (κ1) is 8.75. The van der Waals surface area contributed by atoms with Gasteiger partial charge in [-0.05, 0) is 0 Å². The maximum absolute atomic E-state index is 10.8. The van der Waals surface area contributed by atoms with Gasteiger partial charge in [0.05, 0.1) is 6.54 Å². The van der Waals surface area contributed by atoms with Gasteiger partial charge in [-0.3, -0.25) is 4.79 Å². The van der Waals surface area contributed by atoms with Gasteiger partial charge >= 0.3 is 16.9 Å². The average molecular weight is 213 g/mol. The number of H-pyrrole nitrogens is 1. The third-order valence-electron chi connectivity index (χ3n) is 1.44. The summed E-state index contributed by atoms with van der Waals surface area (Å²) in [5.74, 6) is 0. The van der Waals surface area contributed by atoms with Crippen LogP contribution in [0.2, 0.25) is 0 Å². The van der Waals surface area contributed by atoms with Crippen LogP contribution >= 0.6 is 11.3 Å². The molecule has 2 rings (SSSR count). The van der Waals surface area contributed by atoms with Gasteiger partial charge in [-0.25, -0.2) is 0 Å². The highest BCUT2D eigenvalue weighted by atomic mass is 32.1. The monoisotopic (exact) mass is 213 g/mol. The fraction of sp³-hybridized carbons (Fsp3) is 0.167. The molecule has 7 nitrogen and oxygen atoms in total. The van der Waals surface area contributed by atoms with E-state index in [2.05, 4.69) is 20.5 Å². The first-order valence-corrected chi connectivity index (χ1v) is 4.61. The molecule has 0 spiro atoms. The molecule has 0 aromatic carbocycles. The zero-order valence-electron chi connectivity index (χ0n) is 6.98. The van der Waals surface area contributed by atoms with Gasteiger partial charge < -0.3 is 20.5 Å². The fourth-order valence-corrected chi connectivity index (χ4v) is 1.46. The van der Waals surface area contributed by atoms with Gasteiger partial charge in [0, 0.05) is 11.1 Å². The molecule has 2 aromatic heterocycles. The van der Waals surface area contributed by atoms with Crippen LogP contribution in [0.25, 0.3) is 0 Å². The van der Waals surface area contributed by atoms with Crippen molar-refractivity contribution in [1.82, 2.24) is 15.2 Å². The number of thiazole rings is 1. The zero-order chi connectivity index (χ0) is 9.97. The summed E-state index contributed by atoms with van der Waals surface area (Å²) in [7, 11) is 0. The molecule has 0 aliphatic rings. The highest BCUT2D eigenvalue weighted by Crippen LogP contribution is 2.07. The van der Waals surface area contributed by atoms with Crippen LogP contribution in [-0.2, 0) is 6.54 Å². The normalized spacial score (nSPS) is 10.3. The van der Waals surface area contributed by atoms with Crippen LogP contribution < -0.4 is 15.9 Å². The Hall–Kier alpha value is -1.83. The summed E-state index contributed by atoms with van der Waals surface area (Å²) in [6.07, 6.45) is 0. The van der Waals surface area contributed by atoms with Crippen molar-refractivity contribution in [3.8, 4) is 0 Å². The van der Waals surface area contributed by atoms with Gasteiger partial charge in [0.25, 0.3) is 0 Å². The Balaban J connectivity index is 1.98. The second kappa shape index (κ2) is 3.50. The average Bonchev–Trinajstić information content (AvgIpc) is 2.72. The van der Waals surface area contributed by atoms with Crippen molar-refractivity contribution in [3.63, 3.8) is 0 Å². The third-order valence-corrected chi connectivity index (χ3v) is 2.16. The lowest BCUT2D eigenvalue weighted by Gasteiger charge is -1.96. The van der Waals surface area contributed by atoms with Gasteiger partial charge in [-0.1, -0.05) is 21.5 Å². The minimum absolute atomic E-state index is 0.00584.